The standard InChI is InChI=1S/C16H21ClN2O3/c1-12(17)16(21)19-9-7-13(8-10-19)18-15(20)11-22-14-5-3-2-4-6-14/h2-6,12-13H,7-11H2,1H3,(H,18,20). The molecule has 1 N–H and O–H groups in total. The third kappa shape index (κ3) is 4.91. The third-order valence-electron chi connectivity index (χ3n) is 3.63. The van der Waals surface area contributed by atoms with Gasteiger partial charge in [-0.3, -0.25) is 9.59 Å². The second-order valence-electron chi connectivity index (χ2n) is 5.38. The van der Waals surface area contributed by atoms with Crippen LogP contribution in [0, 0.1) is 0 Å². The fourth-order valence-corrected chi connectivity index (χ4v) is 2.57. The monoisotopic (exact) mass is 324 g/mol. The van der Waals surface area contributed by atoms with Crippen LogP contribution in [-0.2, 0) is 9.59 Å². The third-order valence-corrected chi connectivity index (χ3v) is 3.81. The van der Waals surface area contributed by atoms with Gasteiger partial charge in [0.2, 0.25) is 5.91 Å². The van der Waals surface area contributed by atoms with Crippen molar-refractivity contribution in [2.75, 3.05) is 19.7 Å². The maximum Gasteiger partial charge on any atom is 0.258 e. The number of benzene rings is 1. The summed E-state index contributed by atoms with van der Waals surface area (Å²) in [5.41, 5.74) is 0. The van der Waals surface area contributed by atoms with E-state index in [1.165, 1.54) is 0 Å². The Kier molecular flexibility index (Phi) is 6.07. The molecule has 1 aliphatic rings. The number of para-hydroxylation sites is 1. The second-order valence-corrected chi connectivity index (χ2v) is 6.04. The van der Waals surface area contributed by atoms with E-state index in [0.717, 1.165) is 12.8 Å². The van der Waals surface area contributed by atoms with E-state index < -0.39 is 5.38 Å². The van der Waals surface area contributed by atoms with Crippen molar-refractivity contribution in [3.8, 4) is 5.75 Å². The number of hydrogen-bond acceptors (Lipinski definition) is 3. The molecule has 0 spiro atoms. The van der Waals surface area contributed by atoms with Crippen molar-refractivity contribution in [3.63, 3.8) is 0 Å². The Morgan fingerprint density at radius 2 is 1.95 bits per heavy atom. The van der Waals surface area contributed by atoms with Gasteiger partial charge in [-0.15, -0.1) is 11.6 Å². The number of halogens is 1. The summed E-state index contributed by atoms with van der Waals surface area (Å²) in [6, 6.07) is 9.32. The van der Waals surface area contributed by atoms with Gasteiger partial charge in [0.05, 0.1) is 0 Å². The molecule has 6 heteroatoms. The topological polar surface area (TPSA) is 58.6 Å². The van der Waals surface area contributed by atoms with Gasteiger partial charge in [-0.2, -0.15) is 0 Å². The zero-order valence-corrected chi connectivity index (χ0v) is 13.4. The molecule has 0 bridgehead atoms. The van der Waals surface area contributed by atoms with E-state index in [1.807, 2.05) is 30.3 Å². The first-order valence-corrected chi connectivity index (χ1v) is 7.90. The maximum absolute atomic E-state index is 11.9. The van der Waals surface area contributed by atoms with Crippen LogP contribution < -0.4 is 10.1 Å². The van der Waals surface area contributed by atoms with Gasteiger partial charge in [-0.1, -0.05) is 18.2 Å². The van der Waals surface area contributed by atoms with Gasteiger partial charge in [0, 0.05) is 19.1 Å². The highest BCUT2D eigenvalue weighted by Gasteiger charge is 2.25. The molecule has 0 radical (unpaired) electrons. The molecular formula is C16H21ClN2O3. The predicted molar refractivity (Wildman–Crippen MR) is 85.0 cm³/mol. The summed E-state index contributed by atoms with van der Waals surface area (Å²) < 4.78 is 5.41. The number of nitrogens with zero attached hydrogens (tertiary/aromatic N) is 1. The fraction of sp³-hybridized carbons (Fsp3) is 0.500. The highest BCUT2D eigenvalue weighted by molar-refractivity contribution is 6.30. The molecule has 1 unspecified atom stereocenters. The van der Waals surface area contributed by atoms with Crippen molar-refractivity contribution in [2.45, 2.75) is 31.2 Å². The van der Waals surface area contributed by atoms with E-state index in [9.17, 15) is 9.59 Å². The van der Waals surface area contributed by atoms with Crippen LogP contribution in [0.2, 0.25) is 0 Å². The van der Waals surface area contributed by atoms with E-state index >= 15 is 0 Å². The Hall–Kier alpha value is -1.75. The number of rotatable bonds is 5. The van der Waals surface area contributed by atoms with Crippen molar-refractivity contribution in [1.82, 2.24) is 10.2 Å². The van der Waals surface area contributed by atoms with Crippen molar-refractivity contribution in [2.24, 2.45) is 0 Å². The number of carbonyl (C=O) groups excluding carboxylic acids is 2. The van der Waals surface area contributed by atoms with Crippen LogP contribution in [0.4, 0.5) is 0 Å². The first-order chi connectivity index (χ1) is 10.6. The van der Waals surface area contributed by atoms with E-state index in [1.54, 1.807) is 11.8 Å². The highest BCUT2D eigenvalue weighted by Crippen LogP contribution is 2.13. The van der Waals surface area contributed by atoms with E-state index in [0.29, 0.717) is 18.8 Å². The largest absolute Gasteiger partial charge is 0.484 e. The summed E-state index contributed by atoms with van der Waals surface area (Å²) in [5, 5.41) is 2.45. The number of alkyl halides is 1. The first kappa shape index (κ1) is 16.6. The van der Waals surface area contributed by atoms with Crippen molar-refractivity contribution < 1.29 is 14.3 Å². The normalized spacial score (nSPS) is 16.9. The summed E-state index contributed by atoms with van der Waals surface area (Å²) >= 11 is 5.80. The quantitative estimate of drug-likeness (QED) is 0.840. The molecule has 0 saturated carbocycles. The zero-order valence-electron chi connectivity index (χ0n) is 12.6. The number of likely N-dealkylation sites (tertiary alicyclic amines) is 1. The average molecular weight is 325 g/mol. The lowest BCUT2D eigenvalue weighted by Crippen LogP contribution is -2.48. The fourth-order valence-electron chi connectivity index (χ4n) is 2.43. The van der Waals surface area contributed by atoms with Crippen LogP contribution >= 0.6 is 11.6 Å². The molecular weight excluding hydrogens is 304 g/mol. The Labute approximate surface area is 135 Å². The van der Waals surface area contributed by atoms with Crippen LogP contribution in [-0.4, -0.2) is 47.8 Å². The highest BCUT2D eigenvalue weighted by atomic mass is 35.5. The van der Waals surface area contributed by atoms with Gasteiger partial charge in [0.15, 0.2) is 6.61 Å². The van der Waals surface area contributed by atoms with Gasteiger partial charge in [-0.25, -0.2) is 0 Å². The van der Waals surface area contributed by atoms with Crippen LogP contribution in [0.5, 0.6) is 5.75 Å². The number of hydrogen-bond donors (Lipinski definition) is 1. The molecule has 1 fully saturated rings. The Morgan fingerprint density at radius 1 is 1.32 bits per heavy atom. The van der Waals surface area contributed by atoms with E-state index in [2.05, 4.69) is 5.32 Å². The number of ether oxygens (including phenoxy) is 1. The number of carbonyl (C=O) groups is 2. The van der Waals surface area contributed by atoms with Gasteiger partial charge in [0.1, 0.15) is 11.1 Å². The van der Waals surface area contributed by atoms with E-state index in [4.69, 9.17) is 16.3 Å². The lowest BCUT2D eigenvalue weighted by Gasteiger charge is -2.33. The number of piperidine rings is 1. The molecule has 2 amide bonds. The number of nitrogens with one attached hydrogen (secondary N) is 1. The number of amides is 2. The summed E-state index contributed by atoms with van der Waals surface area (Å²) in [5.74, 6) is 0.493. The summed E-state index contributed by atoms with van der Waals surface area (Å²) in [6.45, 7) is 2.93. The minimum atomic E-state index is -0.495. The van der Waals surface area contributed by atoms with Crippen LogP contribution in [0.1, 0.15) is 19.8 Å². The molecule has 0 aliphatic carbocycles. The molecule has 2 rings (SSSR count). The Balaban J connectivity index is 1.69. The van der Waals surface area contributed by atoms with Gasteiger partial charge >= 0.3 is 0 Å². The van der Waals surface area contributed by atoms with Crippen LogP contribution in [0.15, 0.2) is 30.3 Å². The Morgan fingerprint density at radius 3 is 2.55 bits per heavy atom. The molecule has 1 aromatic rings. The Bertz CT molecular complexity index is 499. The average Bonchev–Trinajstić information content (AvgIpc) is 2.54. The molecule has 1 aromatic carbocycles. The van der Waals surface area contributed by atoms with Gasteiger partial charge in [-0.05, 0) is 31.9 Å². The molecule has 1 saturated heterocycles. The summed E-state index contributed by atoms with van der Waals surface area (Å²) in [4.78, 5) is 25.4. The lowest BCUT2D eigenvalue weighted by atomic mass is 10.0. The summed E-state index contributed by atoms with van der Waals surface area (Å²) in [7, 11) is 0. The summed E-state index contributed by atoms with van der Waals surface area (Å²) in [6.07, 6.45) is 1.48. The van der Waals surface area contributed by atoms with Crippen molar-refractivity contribution in [1.29, 1.82) is 0 Å². The minimum Gasteiger partial charge on any atom is -0.484 e. The predicted octanol–water partition coefficient (Wildman–Crippen LogP) is 1.80. The van der Waals surface area contributed by atoms with Gasteiger partial charge in [0.25, 0.3) is 5.91 Å². The van der Waals surface area contributed by atoms with Gasteiger partial charge < -0.3 is 15.0 Å². The SMILES string of the molecule is CC(Cl)C(=O)N1CCC(NC(=O)COc2ccccc2)CC1. The molecule has 5 nitrogen and oxygen atoms in total. The smallest absolute Gasteiger partial charge is 0.258 e. The lowest BCUT2D eigenvalue weighted by molar-refractivity contribution is -0.131. The van der Waals surface area contributed by atoms with Crippen LogP contribution in [0.25, 0.3) is 0 Å². The molecule has 1 aliphatic heterocycles. The minimum absolute atomic E-state index is 0.00186. The molecule has 22 heavy (non-hydrogen) atoms. The zero-order chi connectivity index (χ0) is 15.9. The molecule has 1 atom stereocenters. The maximum atomic E-state index is 11.9. The molecule has 120 valence electrons. The van der Waals surface area contributed by atoms with Crippen molar-refractivity contribution in [3.05, 3.63) is 30.3 Å². The van der Waals surface area contributed by atoms with E-state index in [-0.39, 0.29) is 24.5 Å². The first-order valence-electron chi connectivity index (χ1n) is 7.46. The second kappa shape index (κ2) is 8.03. The molecule has 0 aromatic heterocycles. The molecule has 1 heterocycles. The van der Waals surface area contributed by atoms with Crippen molar-refractivity contribution >= 4 is 23.4 Å². The van der Waals surface area contributed by atoms with Crippen LogP contribution in [0.3, 0.4) is 0 Å².